The fourth-order valence-electron chi connectivity index (χ4n) is 4.79. The molecule has 168 valence electrons. The average Bonchev–Trinajstić information content (AvgIpc) is 2.72. The molecule has 0 spiro atoms. The maximum atomic E-state index is 7.35. The minimum Gasteiger partial charge on any atom is -0.386 e. The van der Waals surface area contributed by atoms with Crippen molar-refractivity contribution >= 4 is 41.0 Å². The van der Waals surface area contributed by atoms with Gasteiger partial charge in [0.2, 0.25) is 0 Å². The van der Waals surface area contributed by atoms with Crippen LogP contribution in [-0.2, 0) is 4.43 Å². The average molecular weight is 493 g/mol. The van der Waals surface area contributed by atoms with E-state index in [-0.39, 0.29) is 0 Å². The minimum absolute atomic E-state index is 0.651. The second-order valence-electron chi connectivity index (χ2n) is 10.9. The molecule has 0 aliphatic carbocycles. The van der Waals surface area contributed by atoms with E-state index in [0.717, 1.165) is 22.5 Å². The van der Waals surface area contributed by atoms with Gasteiger partial charge in [0.05, 0.1) is 7.11 Å². The molecule has 3 rings (SSSR count). The van der Waals surface area contributed by atoms with Gasteiger partial charge in [0, 0.05) is 29.6 Å². The Hall–Kier alpha value is -2.01. The van der Waals surface area contributed by atoms with Gasteiger partial charge in [-0.3, -0.25) is 0 Å². The van der Waals surface area contributed by atoms with Crippen molar-refractivity contribution in [3.63, 3.8) is 0 Å². The summed E-state index contributed by atoms with van der Waals surface area (Å²) >= 11 is 0. The van der Waals surface area contributed by atoms with E-state index in [9.17, 15) is 0 Å². The van der Waals surface area contributed by atoms with Crippen LogP contribution in [0.25, 0.3) is 0 Å². The number of terminal acetylenes is 2. The van der Waals surface area contributed by atoms with Gasteiger partial charge in [0.15, 0.2) is 13.3 Å². The molecule has 1 aliphatic rings. The highest BCUT2D eigenvalue weighted by atomic mass is 29.8. The molecule has 2 N–H and O–H groups in total. The number of rotatable bonds is 4. The molecule has 1 aliphatic heterocycles. The standard InChI is InChI=1S/C25H36N2OSi4/c1-11-21-15-13-17-23(19-21)26-25(27-24-18-14-16-22(12-2)20-24)28-30(5,6)32(9,10)31(7,8)29(25,3)4/h1-2,13-20,26-27H,3-10H3. The summed E-state index contributed by atoms with van der Waals surface area (Å²) in [6.45, 7) is 20.3. The topological polar surface area (TPSA) is 33.3 Å². The van der Waals surface area contributed by atoms with Gasteiger partial charge in [-0.05, 0) is 49.5 Å². The number of hydrogen-bond donors (Lipinski definition) is 2. The molecule has 1 heterocycles. The lowest BCUT2D eigenvalue weighted by atomic mass is 10.2. The highest BCUT2D eigenvalue weighted by Crippen LogP contribution is 2.48. The number of anilines is 2. The van der Waals surface area contributed by atoms with Gasteiger partial charge in [-0.2, -0.15) is 0 Å². The molecule has 0 amide bonds. The van der Waals surface area contributed by atoms with E-state index in [1.807, 2.05) is 36.4 Å². The Kier molecular flexibility index (Phi) is 6.22. The highest BCUT2D eigenvalue weighted by Gasteiger charge is 2.73. The van der Waals surface area contributed by atoms with Crippen LogP contribution >= 0.6 is 0 Å². The molecule has 32 heavy (non-hydrogen) atoms. The van der Waals surface area contributed by atoms with Gasteiger partial charge in [-0.15, -0.1) is 12.8 Å². The first-order valence-electron chi connectivity index (χ1n) is 11.1. The summed E-state index contributed by atoms with van der Waals surface area (Å²) in [6, 6.07) is 16.2. The third kappa shape index (κ3) is 3.72. The summed E-state index contributed by atoms with van der Waals surface area (Å²) in [5.74, 6) is 5.52. The lowest BCUT2D eigenvalue weighted by molar-refractivity contribution is 0.201. The fraction of sp³-hybridized carbons (Fsp3) is 0.360. The van der Waals surface area contributed by atoms with Gasteiger partial charge in [0.25, 0.3) is 0 Å². The Morgan fingerprint density at radius 1 is 0.719 bits per heavy atom. The minimum atomic E-state index is -2.06. The number of hydrogen-bond acceptors (Lipinski definition) is 3. The van der Waals surface area contributed by atoms with Crippen molar-refractivity contribution in [2.75, 3.05) is 10.6 Å². The first-order valence-corrected chi connectivity index (χ1v) is 26.0. The van der Waals surface area contributed by atoms with E-state index in [0.29, 0.717) is 0 Å². The molecule has 0 aromatic heterocycles. The molecule has 1 saturated heterocycles. The van der Waals surface area contributed by atoms with Crippen molar-refractivity contribution < 1.29 is 4.43 Å². The first-order chi connectivity index (χ1) is 14.7. The SMILES string of the molecule is C#Cc1cccc(NC2(Nc3cccc(C#C)c3)O[Si](C)(C)[Si](C)(C)[Si](C)(C)[Si]2(C)C)c1. The van der Waals surface area contributed by atoms with Crippen molar-refractivity contribution in [1.29, 1.82) is 0 Å². The molecule has 3 nitrogen and oxygen atoms in total. The summed E-state index contributed by atoms with van der Waals surface area (Å²) in [4.78, 5) is 0. The second kappa shape index (κ2) is 8.09. The van der Waals surface area contributed by atoms with E-state index in [1.54, 1.807) is 0 Å². The van der Waals surface area contributed by atoms with E-state index < -0.39 is 35.1 Å². The molecule has 7 heteroatoms. The Bertz CT molecular complexity index is 1050. The Balaban J connectivity index is 2.23. The number of benzene rings is 2. The van der Waals surface area contributed by atoms with E-state index >= 15 is 0 Å². The maximum absolute atomic E-state index is 7.35. The Morgan fingerprint density at radius 2 is 1.16 bits per heavy atom. The van der Waals surface area contributed by atoms with Gasteiger partial charge in [0.1, 0.15) is 7.59 Å². The summed E-state index contributed by atoms with van der Waals surface area (Å²) in [5, 5.41) is 7.73. The molecular weight excluding hydrogens is 457 g/mol. The largest absolute Gasteiger partial charge is 0.386 e. The van der Waals surface area contributed by atoms with Crippen molar-refractivity contribution in [1.82, 2.24) is 0 Å². The molecule has 2 aromatic carbocycles. The summed E-state index contributed by atoms with van der Waals surface area (Å²) < 4.78 is 7.35. The predicted octanol–water partition coefficient (Wildman–Crippen LogP) is 5.96. The molecule has 2 aromatic rings. The predicted molar refractivity (Wildman–Crippen MR) is 150 cm³/mol. The summed E-state index contributed by atoms with van der Waals surface area (Å²) in [5.41, 5.74) is 3.03. The van der Waals surface area contributed by atoms with E-state index in [4.69, 9.17) is 17.3 Å². The number of nitrogens with one attached hydrogen (secondary N) is 2. The van der Waals surface area contributed by atoms with E-state index in [1.165, 1.54) is 0 Å². The van der Waals surface area contributed by atoms with Crippen LogP contribution < -0.4 is 10.6 Å². The van der Waals surface area contributed by atoms with Crippen LogP contribution in [0.3, 0.4) is 0 Å². The molecule has 0 atom stereocenters. The van der Waals surface area contributed by atoms with Crippen LogP contribution in [0.1, 0.15) is 11.1 Å². The Morgan fingerprint density at radius 3 is 1.56 bits per heavy atom. The van der Waals surface area contributed by atoms with Crippen molar-refractivity contribution in [3.05, 3.63) is 59.7 Å². The van der Waals surface area contributed by atoms with E-state index in [2.05, 4.69) is 87.0 Å². The van der Waals surface area contributed by atoms with Crippen molar-refractivity contribution in [2.45, 2.75) is 57.8 Å². The van der Waals surface area contributed by atoms with Crippen molar-refractivity contribution in [2.24, 2.45) is 0 Å². The third-order valence-corrected chi connectivity index (χ3v) is 74.7. The zero-order valence-corrected chi connectivity index (χ0v) is 24.7. The molecule has 0 bridgehead atoms. The molecule has 0 unspecified atom stereocenters. The lowest BCUT2D eigenvalue weighted by Crippen LogP contribution is -2.93. The monoisotopic (exact) mass is 492 g/mol. The molecule has 1 fully saturated rings. The Labute approximate surface area is 197 Å². The zero-order valence-electron chi connectivity index (χ0n) is 20.7. The lowest BCUT2D eigenvalue weighted by Gasteiger charge is -2.67. The van der Waals surface area contributed by atoms with Crippen molar-refractivity contribution in [3.8, 4) is 24.7 Å². The van der Waals surface area contributed by atoms with Crippen LogP contribution in [0.5, 0.6) is 0 Å². The third-order valence-electron chi connectivity index (χ3n) is 8.62. The van der Waals surface area contributed by atoms with Crippen LogP contribution in [0.2, 0.25) is 52.4 Å². The van der Waals surface area contributed by atoms with Crippen LogP contribution in [0.4, 0.5) is 11.4 Å². The highest BCUT2D eigenvalue weighted by molar-refractivity contribution is 7.83. The van der Waals surface area contributed by atoms with Gasteiger partial charge in [-0.25, -0.2) is 0 Å². The van der Waals surface area contributed by atoms with Crippen LogP contribution in [-0.4, -0.2) is 35.1 Å². The normalized spacial score (nSPS) is 21.6. The van der Waals surface area contributed by atoms with Gasteiger partial charge in [-0.1, -0.05) is 63.3 Å². The summed E-state index contributed by atoms with van der Waals surface area (Å²) in [6.07, 6.45) is 11.4. The molecule has 0 radical (unpaired) electrons. The first kappa shape index (κ1) is 24.6. The summed E-state index contributed by atoms with van der Waals surface area (Å²) in [7, 11) is -7.28. The quantitative estimate of drug-likeness (QED) is 0.314. The maximum Gasteiger partial charge on any atom is 0.182 e. The molecular formula is C25H36N2OSi4. The van der Waals surface area contributed by atoms with Crippen LogP contribution in [0, 0.1) is 24.7 Å². The van der Waals surface area contributed by atoms with Crippen LogP contribution in [0.15, 0.2) is 48.5 Å². The zero-order chi connectivity index (χ0) is 24.0. The fourth-order valence-corrected chi connectivity index (χ4v) is 73.0. The smallest absolute Gasteiger partial charge is 0.182 e. The van der Waals surface area contributed by atoms with Gasteiger partial charge >= 0.3 is 0 Å². The second-order valence-corrected chi connectivity index (χ2v) is 49.9. The van der Waals surface area contributed by atoms with Gasteiger partial charge < -0.3 is 15.1 Å². The molecule has 0 saturated carbocycles.